The maximum absolute atomic E-state index is 13.0. The summed E-state index contributed by atoms with van der Waals surface area (Å²) in [6.07, 6.45) is 46.2. The smallest absolute Gasteiger partial charge is 0.462 e. The van der Waals surface area contributed by atoms with Gasteiger partial charge in [0.1, 0.15) is 19.3 Å². The molecular weight excluding hydrogens is 1160 g/mol. The number of hydrogen-bond donors (Lipinski definition) is 3. The van der Waals surface area contributed by atoms with Crippen LogP contribution in [-0.4, -0.2) is 96.7 Å². The first-order valence-electron chi connectivity index (χ1n) is 36.0. The number of ether oxygens (including phenoxy) is 4. The number of phosphoric acid groups is 2. The van der Waals surface area contributed by atoms with Crippen molar-refractivity contribution in [3.05, 3.63) is 0 Å². The second-order valence-corrected chi connectivity index (χ2v) is 28.8. The monoisotopic (exact) mass is 1300 g/mol. The molecule has 2 unspecified atom stereocenters. The van der Waals surface area contributed by atoms with Crippen LogP contribution in [-0.2, 0) is 65.4 Å². The first-order chi connectivity index (χ1) is 42.4. The lowest BCUT2D eigenvalue weighted by molar-refractivity contribution is -0.161. The van der Waals surface area contributed by atoms with Gasteiger partial charge in [-0.25, -0.2) is 9.13 Å². The van der Waals surface area contributed by atoms with E-state index in [0.717, 1.165) is 108 Å². The van der Waals surface area contributed by atoms with Crippen LogP contribution < -0.4 is 0 Å². The van der Waals surface area contributed by atoms with Crippen molar-refractivity contribution >= 4 is 39.5 Å². The van der Waals surface area contributed by atoms with E-state index in [1.165, 1.54) is 161 Å². The van der Waals surface area contributed by atoms with Crippen LogP contribution in [0.5, 0.6) is 0 Å². The standard InChI is InChI=1S/C69H134O17P2/c1-7-9-11-13-14-15-16-17-18-21-24-29-34-40-46-52-67(72)80-58-65(86-68(73)53-47-41-35-30-25-22-19-20-23-27-32-38-43-49-61(3)4)60-84-88(77,78)82-56-63(70)55-81-87(75,76)83-59-64(57-79-66(71)51-45-37-12-10-8-2)85-69(74)54-48-42-36-31-26-28-33-39-44-50-62(5)6/h61-65,70H,7-60H2,1-6H3,(H,75,76)(H,77,78)/t63-,64+,65+/m0/s1. The Hall–Kier alpha value is -1.94. The first kappa shape index (κ1) is 86.1. The number of esters is 4. The van der Waals surface area contributed by atoms with Gasteiger partial charge in [0, 0.05) is 25.7 Å². The molecule has 0 aliphatic rings. The highest BCUT2D eigenvalue weighted by atomic mass is 31.2. The van der Waals surface area contributed by atoms with E-state index in [9.17, 15) is 43.2 Å². The predicted octanol–water partition coefficient (Wildman–Crippen LogP) is 19.6. The maximum Gasteiger partial charge on any atom is 0.472 e. The lowest BCUT2D eigenvalue weighted by Crippen LogP contribution is -2.30. The van der Waals surface area contributed by atoms with Crippen LogP contribution in [0.2, 0.25) is 0 Å². The number of aliphatic hydroxyl groups excluding tert-OH is 1. The topological polar surface area (TPSA) is 237 Å². The number of aliphatic hydroxyl groups is 1. The van der Waals surface area contributed by atoms with Crippen LogP contribution in [0.25, 0.3) is 0 Å². The van der Waals surface area contributed by atoms with Crippen molar-refractivity contribution < 1.29 is 80.2 Å². The van der Waals surface area contributed by atoms with Gasteiger partial charge in [-0.1, -0.05) is 298 Å². The maximum atomic E-state index is 13.0. The van der Waals surface area contributed by atoms with Crippen molar-refractivity contribution in [3.63, 3.8) is 0 Å². The van der Waals surface area contributed by atoms with Gasteiger partial charge in [-0.05, 0) is 37.5 Å². The van der Waals surface area contributed by atoms with Crippen LogP contribution >= 0.6 is 15.6 Å². The Kier molecular flexibility index (Phi) is 59.9. The molecule has 5 atom stereocenters. The molecule has 0 aromatic rings. The number of phosphoric ester groups is 2. The zero-order valence-electron chi connectivity index (χ0n) is 57.0. The summed E-state index contributed by atoms with van der Waals surface area (Å²) in [7, 11) is -9.89. The Labute approximate surface area is 537 Å². The first-order valence-corrected chi connectivity index (χ1v) is 39.0. The molecule has 0 saturated heterocycles. The van der Waals surface area contributed by atoms with E-state index < -0.39 is 97.5 Å². The van der Waals surface area contributed by atoms with Gasteiger partial charge >= 0.3 is 39.5 Å². The second-order valence-electron chi connectivity index (χ2n) is 25.9. The zero-order valence-corrected chi connectivity index (χ0v) is 58.8. The minimum Gasteiger partial charge on any atom is -0.462 e. The molecule has 3 N–H and O–H groups in total. The van der Waals surface area contributed by atoms with Crippen LogP contribution in [0, 0.1) is 11.8 Å². The lowest BCUT2D eigenvalue weighted by Gasteiger charge is -2.21. The molecule has 0 amide bonds. The summed E-state index contributed by atoms with van der Waals surface area (Å²) in [5.41, 5.74) is 0. The number of unbranched alkanes of at least 4 members (excludes halogenated alkanes) is 38. The molecule has 0 spiro atoms. The molecule has 0 rings (SSSR count). The molecule has 0 aliphatic carbocycles. The summed E-state index contributed by atoms with van der Waals surface area (Å²) < 4.78 is 68.0. The fourth-order valence-electron chi connectivity index (χ4n) is 10.4. The van der Waals surface area contributed by atoms with E-state index in [1.807, 2.05) is 0 Å². The van der Waals surface area contributed by atoms with Crippen molar-refractivity contribution in [2.24, 2.45) is 11.8 Å². The highest BCUT2D eigenvalue weighted by Gasteiger charge is 2.30. The van der Waals surface area contributed by atoms with Crippen molar-refractivity contribution in [1.82, 2.24) is 0 Å². The Bertz CT molecular complexity index is 1720. The summed E-state index contributed by atoms with van der Waals surface area (Å²) in [6.45, 7) is 9.45. The molecular formula is C69H134O17P2. The third-order valence-electron chi connectivity index (χ3n) is 16.0. The van der Waals surface area contributed by atoms with Gasteiger partial charge < -0.3 is 33.8 Å². The third kappa shape index (κ3) is 62.8. The van der Waals surface area contributed by atoms with Gasteiger partial charge in [-0.3, -0.25) is 37.3 Å². The summed E-state index contributed by atoms with van der Waals surface area (Å²) in [6, 6.07) is 0. The zero-order chi connectivity index (χ0) is 65.0. The lowest BCUT2D eigenvalue weighted by atomic mass is 10.0. The number of hydrogen-bond acceptors (Lipinski definition) is 15. The molecule has 19 heteroatoms. The Morgan fingerprint density at radius 1 is 0.307 bits per heavy atom. The Balaban J connectivity index is 5.17. The van der Waals surface area contributed by atoms with Crippen molar-refractivity contribution in [3.8, 4) is 0 Å². The molecule has 17 nitrogen and oxygen atoms in total. The number of carbonyl (C=O) groups is 4. The van der Waals surface area contributed by atoms with E-state index in [1.54, 1.807) is 0 Å². The minimum absolute atomic E-state index is 0.104. The Morgan fingerprint density at radius 3 is 0.773 bits per heavy atom. The van der Waals surface area contributed by atoms with Crippen molar-refractivity contribution in [2.45, 2.75) is 368 Å². The summed E-state index contributed by atoms with van der Waals surface area (Å²) in [5.74, 6) is -0.613. The van der Waals surface area contributed by atoms with Crippen molar-refractivity contribution in [2.75, 3.05) is 39.6 Å². The molecule has 0 aromatic heterocycles. The highest BCUT2D eigenvalue weighted by Crippen LogP contribution is 2.45. The van der Waals surface area contributed by atoms with Crippen LogP contribution in [0.1, 0.15) is 350 Å². The number of rotatable bonds is 68. The van der Waals surface area contributed by atoms with E-state index in [2.05, 4.69) is 41.5 Å². The van der Waals surface area contributed by atoms with E-state index >= 15 is 0 Å². The third-order valence-corrected chi connectivity index (χ3v) is 17.9. The highest BCUT2D eigenvalue weighted by molar-refractivity contribution is 7.47. The van der Waals surface area contributed by atoms with Crippen LogP contribution in [0.3, 0.4) is 0 Å². The average molecular weight is 1300 g/mol. The molecule has 0 heterocycles. The van der Waals surface area contributed by atoms with Gasteiger partial charge in [-0.15, -0.1) is 0 Å². The molecule has 0 bridgehead atoms. The molecule has 0 saturated carbocycles. The number of carbonyl (C=O) groups excluding carboxylic acids is 4. The average Bonchev–Trinajstić information content (AvgIpc) is 3.57. The largest absolute Gasteiger partial charge is 0.472 e. The molecule has 0 aliphatic heterocycles. The Morgan fingerprint density at radius 2 is 0.523 bits per heavy atom. The van der Waals surface area contributed by atoms with E-state index in [4.69, 9.17) is 37.0 Å². The van der Waals surface area contributed by atoms with Gasteiger partial charge in [0.05, 0.1) is 26.4 Å². The van der Waals surface area contributed by atoms with Gasteiger partial charge in [0.2, 0.25) is 0 Å². The van der Waals surface area contributed by atoms with Gasteiger partial charge in [-0.2, -0.15) is 0 Å². The summed E-state index contributed by atoms with van der Waals surface area (Å²) in [4.78, 5) is 72.2. The van der Waals surface area contributed by atoms with Gasteiger partial charge in [0.25, 0.3) is 0 Å². The predicted molar refractivity (Wildman–Crippen MR) is 354 cm³/mol. The molecule has 0 fully saturated rings. The van der Waals surface area contributed by atoms with Crippen LogP contribution in [0.15, 0.2) is 0 Å². The summed E-state index contributed by atoms with van der Waals surface area (Å²) >= 11 is 0. The second kappa shape index (κ2) is 61.3. The van der Waals surface area contributed by atoms with E-state index in [-0.39, 0.29) is 25.7 Å². The minimum atomic E-state index is -4.95. The summed E-state index contributed by atoms with van der Waals surface area (Å²) in [5, 5.41) is 10.6. The fraction of sp³-hybridized carbons (Fsp3) is 0.942. The SMILES string of the molecule is CCCCCCCCCCCCCCCCCC(=O)OC[C@H](COP(=O)(O)OC[C@@H](O)COP(=O)(O)OC[C@@H](COC(=O)CCCCCCC)OC(=O)CCCCCCCCCCCC(C)C)OC(=O)CCCCCCCCCCCCCCCC(C)C. The van der Waals surface area contributed by atoms with Crippen LogP contribution in [0.4, 0.5) is 0 Å². The van der Waals surface area contributed by atoms with Crippen molar-refractivity contribution in [1.29, 1.82) is 0 Å². The molecule has 0 radical (unpaired) electrons. The molecule has 88 heavy (non-hydrogen) atoms. The normalized spacial score (nSPS) is 14.2. The molecule has 0 aromatic carbocycles. The fourth-order valence-corrected chi connectivity index (χ4v) is 12.0. The van der Waals surface area contributed by atoms with Gasteiger partial charge in [0.15, 0.2) is 12.2 Å². The molecule has 522 valence electrons. The quantitative estimate of drug-likeness (QED) is 0.0222. The van der Waals surface area contributed by atoms with E-state index in [0.29, 0.717) is 25.7 Å².